The lowest BCUT2D eigenvalue weighted by Crippen LogP contribution is -2.15. The Labute approximate surface area is 59.0 Å². The first-order chi connectivity index (χ1) is 4.52. The Bertz CT molecular complexity index is 151. The van der Waals surface area contributed by atoms with Crippen LogP contribution < -0.4 is 0 Å². The molecule has 0 saturated heterocycles. The molecule has 3 heteroatoms. The van der Waals surface area contributed by atoms with Crippen LogP contribution in [0.2, 0.25) is 0 Å². The second kappa shape index (κ2) is 3.37. The Hall–Kier alpha value is -0.820. The molecule has 0 aliphatic heterocycles. The monoisotopic (exact) mass is 148 g/mol. The smallest absolute Gasteiger partial charge is 0.308 e. The van der Waals surface area contributed by atoms with E-state index in [1.165, 1.54) is 0 Å². The molecule has 0 aromatic carbocycles. The average molecular weight is 148 g/mol. The first kappa shape index (κ1) is 9.18. The van der Waals surface area contributed by atoms with Crippen LogP contribution in [-0.2, 0) is 4.74 Å². The highest BCUT2D eigenvalue weighted by Gasteiger charge is 2.28. The zero-order chi connectivity index (χ0) is 8.20. The first-order valence-electron chi connectivity index (χ1n) is 2.93. The van der Waals surface area contributed by atoms with Crippen LogP contribution in [0.1, 0.15) is 13.8 Å². The van der Waals surface area contributed by atoms with E-state index in [0.29, 0.717) is 0 Å². The molecule has 0 rings (SSSR count). The molecule has 0 fully saturated rings. The molecule has 0 unspecified atom stereocenters. The fourth-order valence-electron chi connectivity index (χ4n) is 0.477. The van der Waals surface area contributed by atoms with Gasteiger partial charge in [-0.25, -0.2) is 0 Å². The van der Waals surface area contributed by atoms with Crippen LogP contribution in [0.15, 0.2) is 18.1 Å². The highest BCUT2D eigenvalue weighted by molar-refractivity contribution is 5.00. The molecule has 0 radical (unpaired) electrons. The number of alkyl halides is 2. The second-order valence-electron chi connectivity index (χ2n) is 1.83. The first-order valence-corrected chi connectivity index (χ1v) is 2.93. The van der Waals surface area contributed by atoms with Gasteiger partial charge in [0.25, 0.3) is 0 Å². The van der Waals surface area contributed by atoms with Crippen molar-refractivity contribution in [1.29, 1.82) is 0 Å². The van der Waals surface area contributed by atoms with Gasteiger partial charge in [0.2, 0.25) is 5.76 Å². The van der Waals surface area contributed by atoms with Crippen LogP contribution >= 0.6 is 0 Å². The highest BCUT2D eigenvalue weighted by Crippen LogP contribution is 2.22. The molecule has 0 spiro atoms. The van der Waals surface area contributed by atoms with Crippen molar-refractivity contribution >= 4 is 0 Å². The maximum Gasteiger partial charge on any atom is 0.308 e. The summed E-state index contributed by atoms with van der Waals surface area (Å²) in [6.07, 6.45) is 0. The minimum Gasteiger partial charge on any atom is -0.485 e. The van der Waals surface area contributed by atoms with Crippen molar-refractivity contribution < 1.29 is 13.5 Å². The third-order valence-electron chi connectivity index (χ3n) is 0.848. The van der Waals surface area contributed by atoms with Crippen LogP contribution in [0.5, 0.6) is 0 Å². The van der Waals surface area contributed by atoms with Gasteiger partial charge in [-0.3, -0.25) is 0 Å². The number of ether oxygens (including phenoxy) is 1. The van der Waals surface area contributed by atoms with Gasteiger partial charge in [0, 0.05) is 6.92 Å². The van der Waals surface area contributed by atoms with Crippen molar-refractivity contribution in [2.24, 2.45) is 0 Å². The van der Waals surface area contributed by atoms with Crippen LogP contribution in [-0.4, -0.2) is 12.5 Å². The minimum absolute atomic E-state index is 0.210. The normalized spacial score (nSPS) is 10.4. The summed E-state index contributed by atoms with van der Waals surface area (Å²) in [6, 6.07) is 0. The molecule has 58 valence electrons. The van der Waals surface area contributed by atoms with E-state index in [0.717, 1.165) is 6.92 Å². The summed E-state index contributed by atoms with van der Waals surface area (Å²) in [7, 11) is 0. The van der Waals surface area contributed by atoms with Gasteiger partial charge in [-0.05, 0) is 6.92 Å². The minimum atomic E-state index is -2.96. The van der Waals surface area contributed by atoms with E-state index in [2.05, 4.69) is 11.3 Å². The van der Waals surface area contributed by atoms with Gasteiger partial charge in [0.15, 0.2) is 0 Å². The van der Waals surface area contributed by atoms with Crippen LogP contribution in [0.4, 0.5) is 8.78 Å². The Morgan fingerprint density at radius 2 is 2.20 bits per heavy atom. The summed E-state index contributed by atoms with van der Waals surface area (Å²) in [5.41, 5.74) is 2.04. The van der Waals surface area contributed by atoms with Crippen molar-refractivity contribution in [2.75, 3.05) is 6.61 Å². The van der Waals surface area contributed by atoms with Gasteiger partial charge >= 0.3 is 5.92 Å². The molecular weight excluding hydrogens is 138 g/mol. The van der Waals surface area contributed by atoms with Gasteiger partial charge in [0.05, 0.1) is 6.61 Å². The number of rotatable bonds is 3. The van der Waals surface area contributed by atoms with E-state index in [1.54, 1.807) is 6.92 Å². The number of allylic oxidation sites excluding steroid dienone is 1. The molecule has 0 aromatic rings. The predicted octanol–water partition coefficient (Wildman–Crippen LogP) is 2.35. The summed E-state index contributed by atoms with van der Waals surface area (Å²) in [5, 5.41) is 0. The van der Waals surface area contributed by atoms with Crippen molar-refractivity contribution in [3.8, 4) is 0 Å². The lowest BCUT2D eigenvalue weighted by molar-refractivity contribution is -0.00253. The van der Waals surface area contributed by atoms with E-state index in [9.17, 15) is 8.78 Å². The summed E-state index contributed by atoms with van der Waals surface area (Å²) in [6.45, 7) is 5.66. The van der Waals surface area contributed by atoms with Crippen molar-refractivity contribution in [1.82, 2.24) is 0 Å². The van der Waals surface area contributed by atoms with Gasteiger partial charge in [-0.15, -0.1) is 0 Å². The second-order valence-corrected chi connectivity index (χ2v) is 1.83. The molecule has 0 heterocycles. The molecule has 0 saturated carbocycles. The van der Waals surface area contributed by atoms with E-state index in [1.807, 2.05) is 5.73 Å². The zero-order valence-electron chi connectivity index (χ0n) is 6.08. The van der Waals surface area contributed by atoms with Crippen LogP contribution in [0, 0.1) is 0 Å². The average Bonchev–Trinajstić information content (AvgIpc) is 1.80. The Kier molecular flexibility index (Phi) is 3.10. The Morgan fingerprint density at radius 3 is 2.30 bits per heavy atom. The molecular formula is C7H10F2O. The van der Waals surface area contributed by atoms with Gasteiger partial charge in [0.1, 0.15) is 0 Å². The van der Waals surface area contributed by atoms with Crippen molar-refractivity contribution in [2.45, 2.75) is 19.8 Å². The fraction of sp³-hybridized carbons (Fsp3) is 0.571. The van der Waals surface area contributed by atoms with Crippen molar-refractivity contribution in [3.63, 3.8) is 0 Å². The van der Waals surface area contributed by atoms with E-state index in [4.69, 9.17) is 0 Å². The molecule has 0 atom stereocenters. The van der Waals surface area contributed by atoms with Gasteiger partial charge in [-0.2, -0.15) is 8.78 Å². The molecule has 0 aliphatic carbocycles. The molecule has 0 aromatic heterocycles. The van der Waals surface area contributed by atoms with Crippen LogP contribution in [0.3, 0.4) is 0 Å². The largest absolute Gasteiger partial charge is 0.485 e. The standard InChI is InChI=1S/C7H10F2O/c1-4-6(10-5-2)7(3,8)9/h1,5H2,2-3H3. The molecule has 10 heavy (non-hydrogen) atoms. The summed E-state index contributed by atoms with van der Waals surface area (Å²) < 4.78 is 29.2. The third kappa shape index (κ3) is 2.65. The predicted molar refractivity (Wildman–Crippen MR) is 34.9 cm³/mol. The molecule has 0 bridgehead atoms. The lowest BCUT2D eigenvalue weighted by Gasteiger charge is -2.12. The summed E-state index contributed by atoms with van der Waals surface area (Å²) in [4.78, 5) is 0. The van der Waals surface area contributed by atoms with Crippen LogP contribution in [0.25, 0.3) is 0 Å². The quantitative estimate of drug-likeness (QED) is 0.441. The Morgan fingerprint density at radius 1 is 1.70 bits per heavy atom. The molecule has 1 nitrogen and oxygen atoms in total. The summed E-state index contributed by atoms with van der Waals surface area (Å²) in [5.74, 6) is -3.45. The lowest BCUT2D eigenvalue weighted by atomic mass is 10.3. The maximum absolute atomic E-state index is 12.3. The third-order valence-corrected chi connectivity index (χ3v) is 0.848. The van der Waals surface area contributed by atoms with Gasteiger partial charge < -0.3 is 4.74 Å². The highest BCUT2D eigenvalue weighted by atomic mass is 19.3. The zero-order valence-corrected chi connectivity index (χ0v) is 6.08. The van der Waals surface area contributed by atoms with E-state index < -0.39 is 11.7 Å². The number of halogens is 2. The van der Waals surface area contributed by atoms with E-state index in [-0.39, 0.29) is 6.61 Å². The fourth-order valence-corrected chi connectivity index (χ4v) is 0.477. The van der Waals surface area contributed by atoms with Gasteiger partial charge in [-0.1, -0.05) is 12.3 Å². The SMILES string of the molecule is C=C=C(OCC)C(C)(F)F. The summed E-state index contributed by atoms with van der Waals surface area (Å²) >= 11 is 0. The van der Waals surface area contributed by atoms with Crippen molar-refractivity contribution in [3.05, 3.63) is 18.1 Å². The molecule has 0 aliphatic rings. The molecule has 0 amide bonds. The maximum atomic E-state index is 12.3. The Balaban J connectivity index is 4.24. The molecule has 0 N–H and O–H groups in total. The number of hydrogen-bond donors (Lipinski definition) is 0. The number of hydrogen-bond acceptors (Lipinski definition) is 1. The topological polar surface area (TPSA) is 9.23 Å². The van der Waals surface area contributed by atoms with E-state index >= 15 is 0 Å².